The van der Waals surface area contributed by atoms with Crippen LogP contribution in [-0.4, -0.2) is 11.0 Å². The number of pyridine rings is 1. The Morgan fingerprint density at radius 1 is 1.38 bits per heavy atom. The van der Waals surface area contributed by atoms with Gasteiger partial charge in [-0.1, -0.05) is 13.8 Å². The molecule has 1 heterocycles. The Hall–Kier alpha value is -1.25. The molecule has 0 bridgehead atoms. The maximum absolute atomic E-state index is 5.66. The van der Waals surface area contributed by atoms with Gasteiger partial charge in [-0.15, -0.1) is 0 Å². The molecule has 88 valence electrons. The highest BCUT2D eigenvalue weighted by Gasteiger charge is 2.26. The second-order valence-electron chi connectivity index (χ2n) is 5.55. The summed E-state index contributed by atoms with van der Waals surface area (Å²) in [5.74, 6) is 0.584. The van der Waals surface area contributed by atoms with Gasteiger partial charge in [-0.3, -0.25) is 0 Å². The Labute approximate surface area is 97.5 Å². The minimum Gasteiger partial charge on any atom is -0.384 e. The first kappa shape index (κ1) is 11.2. The Bertz CT molecular complexity index is 350. The summed E-state index contributed by atoms with van der Waals surface area (Å²) in [6, 6.07) is 4.48. The Balaban J connectivity index is 1.92. The molecule has 1 aromatic rings. The van der Waals surface area contributed by atoms with Crippen molar-refractivity contribution in [1.29, 1.82) is 0 Å². The number of hydrogen-bond donors (Lipinski definition) is 2. The standard InChI is InChI=1S/C13H21N3/c1-13(2)6-3-10(4-7-13)16-11-5-8-15-12(14)9-11/h5,8-10H,3-4,6-7H2,1-2H3,(H3,14,15,16). The number of nitrogens with one attached hydrogen (secondary N) is 1. The molecule has 0 saturated heterocycles. The van der Waals surface area contributed by atoms with Crippen molar-refractivity contribution in [3.63, 3.8) is 0 Å². The topological polar surface area (TPSA) is 50.9 Å². The molecule has 1 fully saturated rings. The first-order chi connectivity index (χ1) is 7.55. The van der Waals surface area contributed by atoms with Crippen LogP contribution < -0.4 is 11.1 Å². The van der Waals surface area contributed by atoms with Crippen LogP contribution in [0, 0.1) is 5.41 Å². The summed E-state index contributed by atoms with van der Waals surface area (Å²) in [6.45, 7) is 4.71. The monoisotopic (exact) mass is 219 g/mol. The van der Waals surface area contributed by atoms with E-state index in [0.717, 1.165) is 5.69 Å². The summed E-state index contributed by atoms with van der Waals surface area (Å²) < 4.78 is 0. The molecule has 1 saturated carbocycles. The minimum absolute atomic E-state index is 0.523. The van der Waals surface area contributed by atoms with Crippen molar-refractivity contribution in [2.75, 3.05) is 11.1 Å². The van der Waals surface area contributed by atoms with E-state index in [1.807, 2.05) is 12.1 Å². The van der Waals surface area contributed by atoms with Crippen LogP contribution in [0.1, 0.15) is 39.5 Å². The smallest absolute Gasteiger partial charge is 0.125 e. The molecule has 1 aliphatic carbocycles. The van der Waals surface area contributed by atoms with Gasteiger partial charge in [0, 0.05) is 24.0 Å². The molecule has 0 atom stereocenters. The molecular weight excluding hydrogens is 198 g/mol. The quantitative estimate of drug-likeness (QED) is 0.803. The van der Waals surface area contributed by atoms with E-state index in [2.05, 4.69) is 24.1 Å². The molecule has 0 spiro atoms. The minimum atomic E-state index is 0.523. The molecule has 3 N–H and O–H groups in total. The van der Waals surface area contributed by atoms with Crippen molar-refractivity contribution in [1.82, 2.24) is 4.98 Å². The number of nitrogens with two attached hydrogens (primary N) is 1. The van der Waals surface area contributed by atoms with Gasteiger partial charge in [0.05, 0.1) is 0 Å². The largest absolute Gasteiger partial charge is 0.384 e. The number of nitrogen functional groups attached to an aromatic ring is 1. The molecule has 1 aliphatic rings. The van der Waals surface area contributed by atoms with E-state index in [1.54, 1.807) is 6.20 Å². The molecule has 3 nitrogen and oxygen atoms in total. The van der Waals surface area contributed by atoms with Crippen molar-refractivity contribution < 1.29 is 0 Å². The molecule has 3 heteroatoms. The summed E-state index contributed by atoms with van der Waals surface area (Å²) in [4.78, 5) is 3.99. The number of hydrogen-bond acceptors (Lipinski definition) is 3. The highest BCUT2D eigenvalue weighted by Crippen LogP contribution is 2.36. The normalized spacial score (nSPS) is 20.6. The van der Waals surface area contributed by atoms with Crippen LogP contribution in [0.15, 0.2) is 18.3 Å². The van der Waals surface area contributed by atoms with E-state index in [4.69, 9.17) is 5.73 Å². The van der Waals surface area contributed by atoms with Crippen molar-refractivity contribution in [2.45, 2.75) is 45.6 Å². The van der Waals surface area contributed by atoms with E-state index >= 15 is 0 Å². The molecule has 0 radical (unpaired) electrons. The van der Waals surface area contributed by atoms with Crippen LogP contribution in [0.2, 0.25) is 0 Å². The van der Waals surface area contributed by atoms with Crippen molar-refractivity contribution in [3.05, 3.63) is 18.3 Å². The molecule has 0 unspecified atom stereocenters. The molecule has 16 heavy (non-hydrogen) atoms. The Kier molecular flexibility index (Phi) is 3.03. The van der Waals surface area contributed by atoms with Gasteiger partial charge in [-0.2, -0.15) is 0 Å². The molecule has 2 rings (SSSR count). The zero-order valence-corrected chi connectivity index (χ0v) is 10.2. The van der Waals surface area contributed by atoms with Crippen LogP contribution in [0.3, 0.4) is 0 Å². The predicted molar refractivity (Wildman–Crippen MR) is 68.3 cm³/mol. The summed E-state index contributed by atoms with van der Waals surface area (Å²) in [6.07, 6.45) is 6.84. The highest BCUT2D eigenvalue weighted by molar-refractivity contribution is 5.50. The molecule has 0 aromatic carbocycles. The van der Waals surface area contributed by atoms with Gasteiger partial charge in [0.25, 0.3) is 0 Å². The Morgan fingerprint density at radius 3 is 2.69 bits per heavy atom. The van der Waals surface area contributed by atoms with Gasteiger partial charge in [-0.25, -0.2) is 4.98 Å². The van der Waals surface area contributed by atoms with Crippen molar-refractivity contribution in [3.8, 4) is 0 Å². The van der Waals surface area contributed by atoms with Crippen LogP contribution >= 0.6 is 0 Å². The third kappa shape index (κ3) is 2.87. The maximum Gasteiger partial charge on any atom is 0.125 e. The third-order valence-electron chi connectivity index (χ3n) is 3.49. The summed E-state index contributed by atoms with van der Waals surface area (Å²) in [5, 5.41) is 3.54. The summed E-state index contributed by atoms with van der Waals surface area (Å²) in [7, 11) is 0. The fourth-order valence-electron chi connectivity index (χ4n) is 2.32. The number of aromatic nitrogens is 1. The lowest BCUT2D eigenvalue weighted by Crippen LogP contribution is -2.29. The van der Waals surface area contributed by atoms with Crippen molar-refractivity contribution in [2.24, 2.45) is 5.41 Å². The van der Waals surface area contributed by atoms with E-state index in [9.17, 15) is 0 Å². The average Bonchev–Trinajstić information content (AvgIpc) is 2.21. The fraction of sp³-hybridized carbons (Fsp3) is 0.615. The van der Waals surface area contributed by atoms with Crippen LogP contribution in [0.4, 0.5) is 11.5 Å². The summed E-state index contributed by atoms with van der Waals surface area (Å²) >= 11 is 0. The SMILES string of the molecule is CC1(C)CCC(Nc2ccnc(N)c2)CC1. The second kappa shape index (κ2) is 4.32. The lowest BCUT2D eigenvalue weighted by Gasteiger charge is -2.35. The third-order valence-corrected chi connectivity index (χ3v) is 3.49. The zero-order chi connectivity index (χ0) is 11.6. The lowest BCUT2D eigenvalue weighted by molar-refractivity contribution is 0.232. The van der Waals surface area contributed by atoms with Gasteiger partial charge < -0.3 is 11.1 Å². The molecular formula is C13H21N3. The average molecular weight is 219 g/mol. The van der Waals surface area contributed by atoms with Gasteiger partial charge >= 0.3 is 0 Å². The number of rotatable bonds is 2. The van der Waals surface area contributed by atoms with Crippen molar-refractivity contribution >= 4 is 11.5 Å². The molecule has 1 aromatic heterocycles. The van der Waals surface area contributed by atoms with E-state index in [1.165, 1.54) is 25.7 Å². The first-order valence-electron chi connectivity index (χ1n) is 6.03. The van der Waals surface area contributed by atoms with Crippen LogP contribution in [0.25, 0.3) is 0 Å². The van der Waals surface area contributed by atoms with E-state index in [0.29, 0.717) is 17.3 Å². The number of anilines is 2. The highest BCUT2D eigenvalue weighted by atomic mass is 14.9. The zero-order valence-electron chi connectivity index (χ0n) is 10.2. The molecule has 0 aliphatic heterocycles. The Morgan fingerprint density at radius 2 is 2.06 bits per heavy atom. The van der Waals surface area contributed by atoms with E-state index in [-0.39, 0.29) is 0 Å². The summed E-state index contributed by atoms with van der Waals surface area (Å²) in [5.41, 5.74) is 7.27. The van der Waals surface area contributed by atoms with Crippen LogP contribution in [-0.2, 0) is 0 Å². The van der Waals surface area contributed by atoms with Gasteiger partial charge in [0.1, 0.15) is 5.82 Å². The van der Waals surface area contributed by atoms with E-state index < -0.39 is 0 Å². The maximum atomic E-state index is 5.66. The lowest BCUT2D eigenvalue weighted by atomic mass is 9.75. The van der Waals surface area contributed by atoms with Crippen LogP contribution in [0.5, 0.6) is 0 Å². The second-order valence-corrected chi connectivity index (χ2v) is 5.55. The molecule has 0 amide bonds. The van der Waals surface area contributed by atoms with Gasteiger partial charge in [0.2, 0.25) is 0 Å². The predicted octanol–water partition coefficient (Wildman–Crippen LogP) is 3.04. The van der Waals surface area contributed by atoms with Gasteiger partial charge in [0.15, 0.2) is 0 Å². The first-order valence-corrected chi connectivity index (χ1v) is 6.03. The van der Waals surface area contributed by atoms with Gasteiger partial charge in [-0.05, 0) is 37.2 Å². The number of nitrogens with zero attached hydrogens (tertiary/aromatic N) is 1. The fourth-order valence-corrected chi connectivity index (χ4v) is 2.32.